The number of nitrogens with two attached hydrogens (primary N) is 1. The minimum atomic E-state index is -0.253. The molecule has 2 aromatic heterocycles. The molecule has 7 heteroatoms. The summed E-state index contributed by atoms with van der Waals surface area (Å²) in [6.07, 6.45) is 5.81. The summed E-state index contributed by atoms with van der Waals surface area (Å²) in [5.41, 5.74) is 9.71. The highest BCUT2D eigenvalue weighted by Gasteiger charge is 2.24. The molecule has 0 bridgehead atoms. The van der Waals surface area contributed by atoms with Crippen LogP contribution in [0.15, 0.2) is 60.9 Å². The Labute approximate surface area is 173 Å². The van der Waals surface area contributed by atoms with Crippen LogP contribution in [-0.4, -0.2) is 20.9 Å². The van der Waals surface area contributed by atoms with Crippen LogP contribution in [0.4, 0.5) is 10.2 Å². The van der Waals surface area contributed by atoms with E-state index >= 15 is 0 Å². The van der Waals surface area contributed by atoms with Gasteiger partial charge < -0.3 is 15.8 Å². The van der Waals surface area contributed by atoms with E-state index < -0.39 is 0 Å². The van der Waals surface area contributed by atoms with E-state index in [9.17, 15) is 4.39 Å². The number of fused-ring (bicyclic) bond motifs is 1. The van der Waals surface area contributed by atoms with Crippen molar-refractivity contribution in [2.24, 2.45) is 0 Å². The van der Waals surface area contributed by atoms with Crippen LogP contribution in [0.3, 0.4) is 0 Å². The molecule has 0 amide bonds. The van der Waals surface area contributed by atoms with Gasteiger partial charge in [-0.15, -0.1) is 0 Å². The summed E-state index contributed by atoms with van der Waals surface area (Å²) in [5, 5.41) is 3.51. The Morgan fingerprint density at radius 3 is 2.67 bits per heavy atom. The average Bonchev–Trinajstić information content (AvgIpc) is 3.42. The summed E-state index contributed by atoms with van der Waals surface area (Å²) in [6.45, 7) is 1.37. The van der Waals surface area contributed by atoms with Crippen molar-refractivity contribution in [2.45, 2.75) is 25.5 Å². The summed E-state index contributed by atoms with van der Waals surface area (Å²) < 4.78 is 20.9. The fourth-order valence-electron chi connectivity index (χ4n) is 3.90. The van der Waals surface area contributed by atoms with Crippen LogP contribution in [0.1, 0.15) is 30.3 Å². The number of nitrogen functional groups attached to an aromatic ring is 1. The molecule has 0 aliphatic carbocycles. The Kier molecular flexibility index (Phi) is 4.80. The van der Waals surface area contributed by atoms with Crippen LogP contribution in [-0.2, 0) is 6.61 Å². The van der Waals surface area contributed by atoms with Gasteiger partial charge in [0.15, 0.2) is 0 Å². The van der Waals surface area contributed by atoms with Gasteiger partial charge in [0.1, 0.15) is 41.0 Å². The Morgan fingerprint density at radius 2 is 1.93 bits per heavy atom. The number of benzene rings is 2. The molecule has 4 aromatic rings. The number of halogens is 1. The van der Waals surface area contributed by atoms with Crippen LogP contribution < -0.4 is 15.8 Å². The Balaban J connectivity index is 1.43. The molecule has 5 rings (SSSR count). The second-order valence-corrected chi connectivity index (χ2v) is 7.44. The van der Waals surface area contributed by atoms with E-state index in [0.717, 1.165) is 53.3 Å². The van der Waals surface area contributed by atoms with Crippen LogP contribution in [0.2, 0.25) is 0 Å². The maximum atomic E-state index is 13.0. The maximum absolute atomic E-state index is 13.0. The van der Waals surface area contributed by atoms with Crippen molar-refractivity contribution in [1.29, 1.82) is 0 Å². The van der Waals surface area contributed by atoms with Crippen LogP contribution in [0.25, 0.3) is 16.8 Å². The van der Waals surface area contributed by atoms with E-state index in [1.807, 2.05) is 34.9 Å². The van der Waals surface area contributed by atoms with Crippen molar-refractivity contribution in [3.8, 4) is 17.0 Å². The number of hydrogen-bond donors (Lipinski definition) is 2. The number of aromatic nitrogens is 3. The molecule has 1 saturated heterocycles. The first-order chi connectivity index (χ1) is 14.7. The second-order valence-electron chi connectivity index (χ2n) is 7.44. The minimum absolute atomic E-state index is 0.214. The number of ether oxygens (including phenoxy) is 1. The average molecular weight is 403 g/mol. The third kappa shape index (κ3) is 3.48. The van der Waals surface area contributed by atoms with Crippen molar-refractivity contribution in [1.82, 2.24) is 19.7 Å². The lowest BCUT2D eigenvalue weighted by molar-refractivity contribution is 0.306. The van der Waals surface area contributed by atoms with Gasteiger partial charge in [-0.1, -0.05) is 12.1 Å². The zero-order chi connectivity index (χ0) is 20.5. The molecule has 1 fully saturated rings. The summed E-state index contributed by atoms with van der Waals surface area (Å²) in [6, 6.07) is 14.3. The fourth-order valence-corrected chi connectivity index (χ4v) is 3.90. The summed E-state index contributed by atoms with van der Waals surface area (Å²) in [5.74, 6) is 1.90. The standard InChI is InChI=1S/C23H22FN5O/c24-17-7-3-15(4-8-17)14-30-18-9-5-16(6-10-18)20-21-22(25)27-12-13-29(21)23(28-20)19-2-1-11-26-19/h3-10,12-13,19,26H,1-2,11,14H2,(H2,25,27)/t19-/m0/s1. The van der Waals surface area contributed by atoms with Crippen molar-refractivity contribution >= 4 is 11.3 Å². The first-order valence-electron chi connectivity index (χ1n) is 10.0. The zero-order valence-corrected chi connectivity index (χ0v) is 16.4. The molecule has 0 unspecified atom stereocenters. The van der Waals surface area contributed by atoms with Gasteiger partial charge in [0.05, 0.1) is 6.04 Å². The van der Waals surface area contributed by atoms with Gasteiger partial charge in [-0.05, 0) is 61.3 Å². The molecular formula is C23H22FN5O. The first-order valence-corrected chi connectivity index (χ1v) is 10.0. The van der Waals surface area contributed by atoms with E-state index in [-0.39, 0.29) is 11.9 Å². The van der Waals surface area contributed by atoms with Gasteiger partial charge in [0, 0.05) is 18.0 Å². The molecule has 3 N–H and O–H groups in total. The Bertz CT molecular complexity index is 1160. The third-order valence-corrected chi connectivity index (χ3v) is 5.43. The molecule has 30 heavy (non-hydrogen) atoms. The highest BCUT2D eigenvalue weighted by molar-refractivity contribution is 5.85. The summed E-state index contributed by atoms with van der Waals surface area (Å²) in [7, 11) is 0. The second kappa shape index (κ2) is 7.76. The van der Waals surface area contributed by atoms with Crippen LogP contribution in [0.5, 0.6) is 5.75 Å². The van der Waals surface area contributed by atoms with Gasteiger partial charge in [0.2, 0.25) is 0 Å². The van der Waals surface area contributed by atoms with Crippen molar-refractivity contribution in [3.05, 3.63) is 78.1 Å². The molecule has 0 saturated carbocycles. The van der Waals surface area contributed by atoms with Crippen molar-refractivity contribution in [2.75, 3.05) is 12.3 Å². The van der Waals surface area contributed by atoms with E-state index in [1.165, 1.54) is 12.1 Å². The maximum Gasteiger partial charge on any atom is 0.150 e. The lowest BCUT2D eigenvalue weighted by atomic mass is 10.1. The molecule has 1 aliphatic heterocycles. The smallest absolute Gasteiger partial charge is 0.150 e. The topological polar surface area (TPSA) is 77.5 Å². The molecule has 3 heterocycles. The zero-order valence-electron chi connectivity index (χ0n) is 16.4. The molecule has 0 radical (unpaired) electrons. The summed E-state index contributed by atoms with van der Waals surface area (Å²) >= 11 is 0. The molecular weight excluding hydrogens is 381 g/mol. The number of imidazole rings is 1. The van der Waals surface area contributed by atoms with Gasteiger partial charge in [-0.3, -0.25) is 4.40 Å². The molecule has 1 atom stereocenters. The van der Waals surface area contributed by atoms with Crippen molar-refractivity contribution in [3.63, 3.8) is 0 Å². The normalized spacial score (nSPS) is 16.2. The Morgan fingerprint density at radius 1 is 1.13 bits per heavy atom. The lowest BCUT2D eigenvalue weighted by Gasteiger charge is -2.08. The molecule has 152 valence electrons. The SMILES string of the molecule is Nc1nccn2c([C@@H]3CCCN3)nc(-c3ccc(OCc4ccc(F)cc4)cc3)c12. The van der Waals surface area contributed by atoms with Crippen LogP contribution in [0, 0.1) is 5.82 Å². The van der Waals surface area contributed by atoms with Crippen LogP contribution >= 0.6 is 0 Å². The quantitative estimate of drug-likeness (QED) is 0.524. The number of nitrogens with one attached hydrogen (secondary N) is 1. The Hall–Kier alpha value is -3.45. The third-order valence-electron chi connectivity index (χ3n) is 5.43. The van der Waals surface area contributed by atoms with Gasteiger partial charge in [-0.25, -0.2) is 14.4 Å². The van der Waals surface area contributed by atoms with E-state index in [1.54, 1.807) is 18.3 Å². The first kappa shape index (κ1) is 18.6. The minimum Gasteiger partial charge on any atom is -0.489 e. The van der Waals surface area contributed by atoms with E-state index in [4.69, 9.17) is 15.5 Å². The molecule has 2 aromatic carbocycles. The highest BCUT2D eigenvalue weighted by atomic mass is 19.1. The largest absolute Gasteiger partial charge is 0.489 e. The van der Waals surface area contributed by atoms with Gasteiger partial charge in [0.25, 0.3) is 0 Å². The fraction of sp³-hybridized carbons (Fsp3) is 0.217. The monoisotopic (exact) mass is 403 g/mol. The van der Waals surface area contributed by atoms with Gasteiger partial charge >= 0.3 is 0 Å². The predicted molar refractivity (Wildman–Crippen MR) is 114 cm³/mol. The number of anilines is 1. The predicted octanol–water partition coefficient (Wildman–Crippen LogP) is 4.12. The molecule has 6 nitrogen and oxygen atoms in total. The van der Waals surface area contributed by atoms with Crippen molar-refractivity contribution < 1.29 is 9.13 Å². The summed E-state index contributed by atoms with van der Waals surface area (Å²) in [4.78, 5) is 9.20. The number of nitrogens with zero attached hydrogens (tertiary/aromatic N) is 3. The number of rotatable bonds is 5. The van der Waals surface area contributed by atoms with Gasteiger partial charge in [-0.2, -0.15) is 0 Å². The molecule has 0 spiro atoms. The highest BCUT2D eigenvalue weighted by Crippen LogP contribution is 2.33. The number of hydrogen-bond acceptors (Lipinski definition) is 5. The molecule has 1 aliphatic rings. The van der Waals surface area contributed by atoms with E-state index in [2.05, 4.69) is 10.3 Å². The lowest BCUT2D eigenvalue weighted by Crippen LogP contribution is -2.15. The van der Waals surface area contributed by atoms with E-state index in [0.29, 0.717) is 12.4 Å².